The summed E-state index contributed by atoms with van der Waals surface area (Å²) in [6.45, 7) is 0. The molecule has 0 saturated carbocycles. The second-order valence-electron chi connectivity index (χ2n) is 12.3. The van der Waals surface area contributed by atoms with Crippen molar-refractivity contribution in [2.24, 2.45) is 0 Å². The summed E-state index contributed by atoms with van der Waals surface area (Å²) in [5.74, 6) is 0.635. The highest BCUT2D eigenvalue weighted by Gasteiger charge is 2.18. The lowest BCUT2D eigenvalue weighted by Gasteiger charge is -2.18. The van der Waals surface area contributed by atoms with Crippen molar-refractivity contribution in [2.75, 3.05) is 0 Å². The van der Waals surface area contributed by atoms with Crippen molar-refractivity contribution in [1.82, 2.24) is 19.9 Å². The molecule has 0 aliphatic carbocycles. The van der Waals surface area contributed by atoms with E-state index in [-0.39, 0.29) is 0 Å². The third-order valence-corrected chi connectivity index (χ3v) is 9.23. The smallest absolute Gasteiger partial charge is 0.161 e. The van der Waals surface area contributed by atoms with Crippen LogP contribution in [0.25, 0.3) is 89.0 Å². The van der Waals surface area contributed by atoms with Crippen molar-refractivity contribution in [2.45, 2.75) is 0 Å². The van der Waals surface area contributed by atoms with Crippen LogP contribution in [0.3, 0.4) is 0 Å². The van der Waals surface area contributed by atoms with E-state index >= 15 is 0 Å². The van der Waals surface area contributed by atoms with Crippen LogP contribution >= 0.6 is 0 Å². The van der Waals surface area contributed by atoms with Crippen molar-refractivity contribution < 1.29 is 0 Å². The lowest BCUT2D eigenvalue weighted by Crippen LogP contribution is -1.98. The molecule has 0 N–H and O–H groups in total. The Morgan fingerprint density at radius 1 is 0.340 bits per heavy atom. The molecule has 4 heteroatoms. The normalized spacial score (nSPS) is 11.2. The topological polar surface area (TPSA) is 51.6 Å². The van der Waals surface area contributed by atoms with Crippen LogP contribution in [0.5, 0.6) is 0 Å². The van der Waals surface area contributed by atoms with Gasteiger partial charge in [-0.05, 0) is 80.2 Å². The monoisotopic (exact) mass is 638 g/mol. The van der Waals surface area contributed by atoms with E-state index in [1.54, 1.807) is 6.20 Å². The van der Waals surface area contributed by atoms with E-state index in [1.165, 1.54) is 38.2 Å². The molecule has 50 heavy (non-hydrogen) atoms. The van der Waals surface area contributed by atoms with Crippen LogP contribution in [-0.2, 0) is 0 Å². The van der Waals surface area contributed by atoms with Crippen LogP contribution in [0.4, 0.5) is 0 Å². The van der Waals surface area contributed by atoms with Gasteiger partial charge in [-0.3, -0.25) is 9.97 Å². The third kappa shape index (κ3) is 5.29. The van der Waals surface area contributed by atoms with Gasteiger partial charge >= 0.3 is 0 Å². The highest BCUT2D eigenvalue weighted by molar-refractivity contribution is 6.21. The van der Waals surface area contributed by atoms with Crippen LogP contribution in [0.2, 0.25) is 0 Å². The predicted octanol–water partition coefficient (Wildman–Crippen LogP) is 11.6. The maximum atomic E-state index is 5.24. The zero-order valence-corrected chi connectivity index (χ0v) is 27.1. The van der Waals surface area contributed by atoms with Crippen LogP contribution in [0, 0.1) is 0 Å². The maximum absolute atomic E-state index is 5.24. The summed E-state index contributed by atoms with van der Waals surface area (Å²) in [5.41, 5.74) is 11.2. The molecule has 0 fully saturated rings. The molecule has 0 radical (unpaired) electrons. The molecular weight excluding hydrogens is 609 g/mol. The quantitative estimate of drug-likeness (QED) is 0.170. The average Bonchev–Trinajstić information content (AvgIpc) is 3.20. The molecule has 9 rings (SSSR count). The van der Waals surface area contributed by atoms with Crippen molar-refractivity contribution in [1.29, 1.82) is 0 Å². The van der Waals surface area contributed by atoms with Gasteiger partial charge in [-0.25, -0.2) is 9.97 Å². The van der Waals surface area contributed by atoms with E-state index in [1.807, 2.05) is 54.9 Å². The fourth-order valence-electron chi connectivity index (χ4n) is 6.99. The van der Waals surface area contributed by atoms with Gasteiger partial charge in [0, 0.05) is 40.8 Å². The first kappa shape index (κ1) is 29.4. The molecule has 0 spiro atoms. The summed E-state index contributed by atoms with van der Waals surface area (Å²) in [4.78, 5) is 19.4. The van der Waals surface area contributed by atoms with Gasteiger partial charge in [-0.15, -0.1) is 0 Å². The summed E-state index contributed by atoms with van der Waals surface area (Å²) >= 11 is 0. The minimum absolute atomic E-state index is 0.635. The maximum Gasteiger partial charge on any atom is 0.161 e. The second kappa shape index (κ2) is 12.7. The van der Waals surface area contributed by atoms with Crippen LogP contribution in [0.15, 0.2) is 182 Å². The number of fused-ring (bicyclic) bond motifs is 2. The minimum Gasteiger partial charge on any atom is -0.264 e. The first-order valence-corrected chi connectivity index (χ1v) is 16.7. The first-order valence-electron chi connectivity index (χ1n) is 16.7. The zero-order valence-electron chi connectivity index (χ0n) is 27.1. The van der Waals surface area contributed by atoms with E-state index in [0.717, 1.165) is 44.9 Å². The van der Waals surface area contributed by atoms with Gasteiger partial charge in [0.05, 0.1) is 17.1 Å². The Hall–Kier alpha value is -6.78. The third-order valence-electron chi connectivity index (χ3n) is 9.23. The van der Waals surface area contributed by atoms with Gasteiger partial charge < -0.3 is 0 Å². The van der Waals surface area contributed by atoms with E-state index in [4.69, 9.17) is 9.97 Å². The number of benzene rings is 6. The van der Waals surface area contributed by atoms with Gasteiger partial charge in [-0.2, -0.15) is 0 Å². The van der Waals surface area contributed by atoms with Crippen molar-refractivity contribution >= 4 is 21.5 Å². The summed E-state index contributed by atoms with van der Waals surface area (Å²) < 4.78 is 0. The zero-order chi connectivity index (χ0) is 33.3. The van der Waals surface area contributed by atoms with E-state index in [9.17, 15) is 0 Å². The molecular formula is C46H30N4. The lowest BCUT2D eigenvalue weighted by molar-refractivity contribution is 1.17. The Balaban J connectivity index is 1.26. The Kier molecular flexibility index (Phi) is 7.45. The number of hydrogen-bond donors (Lipinski definition) is 0. The molecule has 0 unspecified atom stereocenters. The molecule has 0 saturated heterocycles. The largest absolute Gasteiger partial charge is 0.264 e. The molecule has 3 aromatic heterocycles. The number of nitrogens with zero attached hydrogens (tertiary/aromatic N) is 4. The minimum atomic E-state index is 0.635. The molecule has 0 aliphatic rings. The predicted molar refractivity (Wildman–Crippen MR) is 205 cm³/mol. The molecule has 0 bridgehead atoms. The van der Waals surface area contributed by atoms with E-state index in [0.29, 0.717) is 5.82 Å². The van der Waals surface area contributed by atoms with Gasteiger partial charge in [-0.1, -0.05) is 127 Å². The Morgan fingerprint density at radius 2 is 0.900 bits per heavy atom. The molecule has 3 heterocycles. The fraction of sp³-hybridized carbons (Fsp3) is 0. The molecule has 0 aliphatic heterocycles. The Morgan fingerprint density at radius 3 is 1.56 bits per heavy atom. The first-order chi connectivity index (χ1) is 24.8. The lowest BCUT2D eigenvalue weighted by atomic mass is 9.85. The molecule has 0 amide bonds. The average molecular weight is 639 g/mol. The summed E-state index contributed by atoms with van der Waals surface area (Å²) in [5, 5.41) is 4.89. The van der Waals surface area contributed by atoms with E-state index < -0.39 is 0 Å². The number of rotatable bonds is 6. The molecule has 4 nitrogen and oxygen atoms in total. The number of pyridine rings is 2. The molecule has 234 valence electrons. The van der Waals surface area contributed by atoms with Gasteiger partial charge in [0.25, 0.3) is 0 Å². The number of hydrogen-bond acceptors (Lipinski definition) is 4. The van der Waals surface area contributed by atoms with Crippen LogP contribution < -0.4 is 0 Å². The van der Waals surface area contributed by atoms with Crippen molar-refractivity contribution in [3.8, 4) is 67.4 Å². The summed E-state index contributed by atoms with van der Waals surface area (Å²) in [7, 11) is 0. The number of aromatic nitrogens is 4. The fourth-order valence-corrected chi connectivity index (χ4v) is 6.99. The Labute approximate surface area is 290 Å². The second-order valence-corrected chi connectivity index (χ2v) is 12.3. The molecule has 6 aromatic carbocycles. The van der Waals surface area contributed by atoms with Gasteiger partial charge in [0.2, 0.25) is 0 Å². The molecule has 9 aromatic rings. The van der Waals surface area contributed by atoms with Gasteiger partial charge in [0.1, 0.15) is 0 Å². The Bertz CT molecular complexity index is 2580. The standard InChI is InChI=1S/C46H30N4/c1-2-14-31(15-3-1)44-36-20-5-7-22-38(36)45(39-23-8-6-21-37(39)44)33-17-12-16-32(28-33)42-29-43(34-18-13-26-47-30-34)50-46(49-42)40-24-9-4-19-35(40)41-25-10-11-27-48-41/h1-30H. The van der Waals surface area contributed by atoms with Crippen LogP contribution in [-0.4, -0.2) is 19.9 Å². The summed E-state index contributed by atoms with van der Waals surface area (Å²) in [6.07, 6.45) is 5.45. The summed E-state index contributed by atoms with van der Waals surface area (Å²) in [6, 6.07) is 57.1. The highest BCUT2D eigenvalue weighted by Crippen LogP contribution is 2.44. The van der Waals surface area contributed by atoms with Gasteiger partial charge in [0.15, 0.2) is 5.82 Å². The SMILES string of the molecule is c1ccc(-c2c3ccccc3c(-c3cccc(-c4cc(-c5cccnc5)nc(-c5ccccc5-c5ccccn5)n4)c3)c3ccccc23)cc1. The van der Waals surface area contributed by atoms with Crippen molar-refractivity contribution in [3.63, 3.8) is 0 Å². The van der Waals surface area contributed by atoms with Crippen molar-refractivity contribution in [3.05, 3.63) is 182 Å². The molecule has 0 atom stereocenters. The van der Waals surface area contributed by atoms with E-state index in [2.05, 4.69) is 131 Å². The van der Waals surface area contributed by atoms with Crippen LogP contribution in [0.1, 0.15) is 0 Å². The highest BCUT2D eigenvalue weighted by atomic mass is 14.9.